The van der Waals surface area contributed by atoms with Crippen LogP contribution in [0.3, 0.4) is 0 Å². The highest BCUT2D eigenvalue weighted by molar-refractivity contribution is 5.93. The number of benzene rings is 2. The average Bonchev–Trinajstić information content (AvgIpc) is 3.08. The van der Waals surface area contributed by atoms with Crippen LogP contribution < -0.4 is 0 Å². The molecule has 4 rings (SSSR count). The molecule has 0 unspecified atom stereocenters. The van der Waals surface area contributed by atoms with Gasteiger partial charge in [0.2, 0.25) is 0 Å². The van der Waals surface area contributed by atoms with Crippen molar-refractivity contribution < 1.29 is 8.83 Å². The Kier molecular flexibility index (Phi) is 2.67. The van der Waals surface area contributed by atoms with E-state index < -0.39 is 0 Å². The molecular weight excluding hydrogens is 274 g/mol. The Balaban J connectivity index is 1.88. The molecule has 0 spiro atoms. The van der Waals surface area contributed by atoms with Crippen LogP contribution in [0, 0.1) is 0 Å². The number of oxazole rings is 1. The fourth-order valence-electron chi connectivity index (χ4n) is 2.65. The smallest absolute Gasteiger partial charge is 0.264 e. The molecule has 0 aliphatic rings. The van der Waals surface area contributed by atoms with E-state index >= 15 is 0 Å². The zero-order valence-electron chi connectivity index (χ0n) is 12.9. The summed E-state index contributed by atoms with van der Waals surface area (Å²) in [5, 5.41) is 2.10. The highest BCUT2D eigenvalue weighted by Crippen LogP contribution is 2.34. The first-order valence-corrected chi connectivity index (χ1v) is 7.40. The van der Waals surface area contributed by atoms with Gasteiger partial charge in [0.05, 0.1) is 6.26 Å². The molecule has 0 aliphatic heterocycles. The molecule has 0 aliphatic carbocycles. The minimum Gasteiger partial charge on any atom is -0.458 e. The van der Waals surface area contributed by atoms with Gasteiger partial charge in [0.15, 0.2) is 11.3 Å². The summed E-state index contributed by atoms with van der Waals surface area (Å²) in [5.74, 6) is 1.21. The summed E-state index contributed by atoms with van der Waals surface area (Å²) < 4.78 is 11.6. The quantitative estimate of drug-likeness (QED) is 0.462. The molecule has 0 N–H and O–H groups in total. The van der Waals surface area contributed by atoms with E-state index in [0.29, 0.717) is 11.7 Å². The van der Waals surface area contributed by atoms with Crippen molar-refractivity contribution in [2.24, 2.45) is 0 Å². The number of aromatic nitrogens is 1. The van der Waals surface area contributed by atoms with Crippen LogP contribution in [0.4, 0.5) is 0 Å². The van der Waals surface area contributed by atoms with Crippen molar-refractivity contribution in [2.75, 3.05) is 0 Å². The van der Waals surface area contributed by atoms with Crippen molar-refractivity contribution in [1.82, 2.24) is 4.98 Å². The van der Waals surface area contributed by atoms with E-state index in [0.717, 1.165) is 21.9 Å². The number of hydrogen-bond donors (Lipinski definition) is 0. The second kappa shape index (κ2) is 4.47. The van der Waals surface area contributed by atoms with Crippen molar-refractivity contribution in [3.8, 4) is 11.7 Å². The molecule has 0 atom stereocenters. The minimum absolute atomic E-state index is 0.114. The molecule has 22 heavy (non-hydrogen) atoms. The molecule has 110 valence electrons. The van der Waals surface area contributed by atoms with E-state index in [-0.39, 0.29) is 5.41 Å². The molecule has 2 aromatic heterocycles. The van der Waals surface area contributed by atoms with Crippen LogP contribution in [-0.4, -0.2) is 4.98 Å². The summed E-state index contributed by atoms with van der Waals surface area (Å²) >= 11 is 0. The summed E-state index contributed by atoms with van der Waals surface area (Å²) in [5.41, 5.74) is 3.01. The van der Waals surface area contributed by atoms with Crippen molar-refractivity contribution >= 4 is 21.9 Å². The normalized spacial score (nSPS) is 12.3. The van der Waals surface area contributed by atoms with Crippen LogP contribution in [0.2, 0.25) is 0 Å². The molecular formula is C19H17NO2. The number of rotatable bonds is 1. The van der Waals surface area contributed by atoms with Gasteiger partial charge < -0.3 is 8.83 Å². The van der Waals surface area contributed by atoms with Crippen LogP contribution in [0.1, 0.15) is 26.3 Å². The average molecular weight is 291 g/mol. The molecule has 0 amide bonds. The molecule has 2 aromatic carbocycles. The lowest BCUT2D eigenvalue weighted by Crippen LogP contribution is -2.10. The number of furan rings is 1. The summed E-state index contributed by atoms with van der Waals surface area (Å²) in [7, 11) is 0. The van der Waals surface area contributed by atoms with Gasteiger partial charge in [-0.05, 0) is 29.2 Å². The number of nitrogens with zero attached hydrogens (tertiary/aromatic N) is 1. The highest BCUT2D eigenvalue weighted by atomic mass is 16.4. The first kappa shape index (κ1) is 13.1. The van der Waals surface area contributed by atoms with E-state index in [1.807, 2.05) is 24.3 Å². The monoisotopic (exact) mass is 291 g/mol. The molecule has 0 bridgehead atoms. The lowest BCUT2D eigenvalue weighted by Gasteiger charge is -2.18. The Morgan fingerprint density at radius 3 is 2.59 bits per heavy atom. The zero-order valence-corrected chi connectivity index (χ0v) is 12.9. The maximum Gasteiger partial charge on any atom is 0.264 e. The van der Waals surface area contributed by atoms with Crippen LogP contribution >= 0.6 is 0 Å². The third kappa shape index (κ3) is 2.01. The van der Waals surface area contributed by atoms with Crippen LogP contribution in [0.5, 0.6) is 0 Å². The summed E-state index contributed by atoms with van der Waals surface area (Å²) in [6.45, 7) is 6.61. The van der Waals surface area contributed by atoms with Crippen molar-refractivity contribution in [2.45, 2.75) is 26.2 Å². The molecule has 2 heterocycles. The number of hydrogen-bond acceptors (Lipinski definition) is 3. The van der Waals surface area contributed by atoms with Gasteiger partial charge in [0.1, 0.15) is 5.52 Å². The fourth-order valence-corrected chi connectivity index (χ4v) is 2.65. The first-order chi connectivity index (χ1) is 10.5. The zero-order chi connectivity index (χ0) is 15.3. The summed E-state index contributed by atoms with van der Waals surface area (Å²) in [6, 6.07) is 14.1. The molecule has 0 radical (unpaired) electrons. The van der Waals surface area contributed by atoms with E-state index in [1.54, 1.807) is 6.26 Å². The van der Waals surface area contributed by atoms with Gasteiger partial charge >= 0.3 is 0 Å². The summed E-state index contributed by atoms with van der Waals surface area (Å²) in [6.07, 6.45) is 1.77. The van der Waals surface area contributed by atoms with Crippen molar-refractivity contribution in [3.05, 3.63) is 54.3 Å². The molecule has 0 saturated carbocycles. The van der Waals surface area contributed by atoms with Gasteiger partial charge in [-0.3, -0.25) is 0 Å². The molecule has 0 fully saturated rings. The lowest BCUT2D eigenvalue weighted by molar-refractivity contribution is 0.538. The Morgan fingerprint density at radius 1 is 1.00 bits per heavy atom. The standard InChI is InChI=1S/C19H17NO2/c1-19(2,3)13-8-9-14-12(10-13)11-21-17(14)18-20-15-6-4-5-7-16(15)22-18/h4-11H,1-3H3. The highest BCUT2D eigenvalue weighted by Gasteiger charge is 2.18. The van der Waals surface area contributed by atoms with Crippen molar-refractivity contribution in [1.29, 1.82) is 0 Å². The van der Waals surface area contributed by atoms with E-state index in [9.17, 15) is 0 Å². The minimum atomic E-state index is 0.114. The van der Waals surface area contributed by atoms with Crippen LogP contribution in [0.15, 0.2) is 57.6 Å². The Hall–Kier alpha value is -2.55. The maximum absolute atomic E-state index is 5.81. The predicted molar refractivity (Wildman–Crippen MR) is 87.9 cm³/mol. The maximum atomic E-state index is 5.81. The second-order valence-corrected chi connectivity index (χ2v) is 6.60. The largest absolute Gasteiger partial charge is 0.458 e. The van der Waals surface area contributed by atoms with Gasteiger partial charge in [-0.25, -0.2) is 4.98 Å². The Labute approximate surface area is 128 Å². The topological polar surface area (TPSA) is 39.2 Å². The van der Waals surface area contributed by atoms with Crippen LogP contribution in [0.25, 0.3) is 33.5 Å². The van der Waals surface area contributed by atoms with Crippen molar-refractivity contribution in [3.63, 3.8) is 0 Å². The lowest BCUT2D eigenvalue weighted by atomic mass is 9.86. The van der Waals surface area contributed by atoms with Gasteiger partial charge in [0, 0.05) is 10.8 Å². The Morgan fingerprint density at radius 2 is 1.82 bits per heavy atom. The second-order valence-electron chi connectivity index (χ2n) is 6.60. The molecule has 0 saturated heterocycles. The van der Waals surface area contributed by atoms with Gasteiger partial charge in [-0.1, -0.05) is 45.0 Å². The summed E-state index contributed by atoms with van der Waals surface area (Å²) in [4.78, 5) is 4.52. The first-order valence-electron chi connectivity index (χ1n) is 7.40. The molecule has 3 nitrogen and oxygen atoms in total. The van der Waals surface area contributed by atoms with E-state index in [1.165, 1.54) is 5.56 Å². The molecule has 3 heteroatoms. The third-order valence-corrected chi connectivity index (χ3v) is 3.95. The SMILES string of the molecule is CC(C)(C)c1ccc2c(-c3nc4ccccc4o3)occ2c1. The molecule has 4 aromatic rings. The van der Waals surface area contributed by atoms with Gasteiger partial charge in [-0.15, -0.1) is 0 Å². The van der Waals surface area contributed by atoms with E-state index in [2.05, 4.69) is 44.0 Å². The Bertz CT molecular complexity index is 937. The predicted octanol–water partition coefficient (Wildman–Crippen LogP) is 5.54. The number of para-hydroxylation sites is 2. The number of fused-ring (bicyclic) bond motifs is 2. The van der Waals surface area contributed by atoms with E-state index in [4.69, 9.17) is 8.83 Å². The fraction of sp³-hybridized carbons (Fsp3) is 0.211. The third-order valence-electron chi connectivity index (χ3n) is 3.95. The van der Waals surface area contributed by atoms with Crippen LogP contribution in [-0.2, 0) is 5.41 Å². The van der Waals surface area contributed by atoms with Gasteiger partial charge in [0.25, 0.3) is 5.89 Å². The van der Waals surface area contributed by atoms with Gasteiger partial charge in [-0.2, -0.15) is 0 Å².